The van der Waals surface area contributed by atoms with Crippen molar-refractivity contribution >= 4 is 0 Å². The Morgan fingerprint density at radius 1 is 1.15 bits per heavy atom. The highest BCUT2D eigenvalue weighted by Crippen LogP contribution is 2.50. The Balaban J connectivity index is 2.09. The van der Waals surface area contributed by atoms with Crippen LogP contribution in [-0.4, -0.2) is 13.1 Å². The van der Waals surface area contributed by atoms with Crippen molar-refractivity contribution < 1.29 is 0 Å². The summed E-state index contributed by atoms with van der Waals surface area (Å²) >= 11 is 0. The molecule has 0 saturated heterocycles. The molecule has 0 aliphatic heterocycles. The van der Waals surface area contributed by atoms with E-state index in [0.29, 0.717) is 0 Å². The van der Waals surface area contributed by atoms with Gasteiger partial charge in [0.1, 0.15) is 0 Å². The first-order valence-electron chi connectivity index (χ1n) is 5.97. The first-order chi connectivity index (χ1) is 6.26. The molecule has 1 N–H and O–H groups in total. The molecule has 1 fully saturated rings. The van der Waals surface area contributed by atoms with Gasteiger partial charge in [-0.15, -0.1) is 0 Å². The Kier molecular flexibility index (Phi) is 4.24. The zero-order valence-electron chi connectivity index (χ0n) is 9.53. The van der Waals surface area contributed by atoms with E-state index in [9.17, 15) is 0 Å². The van der Waals surface area contributed by atoms with Crippen molar-refractivity contribution in [1.82, 2.24) is 5.32 Å². The van der Waals surface area contributed by atoms with Crippen LogP contribution in [-0.2, 0) is 0 Å². The fourth-order valence-corrected chi connectivity index (χ4v) is 2.62. The third-order valence-corrected chi connectivity index (χ3v) is 3.80. The first-order valence-corrected chi connectivity index (χ1v) is 5.97. The van der Waals surface area contributed by atoms with E-state index in [1.165, 1.54) is 45.2 Å². The van der Waals surface area contributed by atoms with Crippen molar-refractivity contribution in [1.29, 1.82) is 0 Å². The van der Waals surface area contributed by atoms with E-state index >= 15 is 0 Å². The van der Waals surface area contributed by atoms with Crippen LogP contribution in [0.1, 0.15) is 52.9 Å². The van der Waals surface area contributed by atoms with Crippen molar-refractivity contribution in [2.45, 2.75) is 52.9 Å². The summed E-state index contributed by atoms with van der Waals surface area (Å²) in [6.07, 6.45) is 6.97. The molecule has 1 aliphatic rings. The SMILES string of the molecule is CCCNCC1CC(CC)(CC)C1. The number of nitrogens with one attached hydrogen (secondary N) is 1. The molecule has 1 saturated carbocycles. The number of hydrogen-bond donors (Lipinski definition) is 1. The van der Waals surface area contributed by atoms with Gasteiger partial charge >= 0.3 is 0 Å². The molecule has 0 unspecified atom stereocenters. The molecule has 0 atom stereocenters. The third-order valence-electron chi connectivity index (χ3n) is 3.80. The van der Waals surface area contributed by atoms with E-state index in [4.69, 9.17) is 0 Å². The van der Waals surface area contributed by atoms with Gasteiger partial charge in [-0.1, -0.05) is 33.6 Å². The third kappa shape index (κ3) is 2.70. The summed E-state index contributed by atoms with van der Waals surface area (Å²) in [5.41, 5.74) is 0.735. The lowest BCUT2D eigenvalue weighted by Crippen LogP contribution is -2.41. The van der Waals surface area contributed by atoms with Crippen LogP contribution >= 0.6 is 0 Å². The van der Waals surface area contributed by atoms with Crippen LogP contribution in [0.5, 0.6) is 0 Å². The monoisotopic (exact) mass is 183 g/mol. The Morgan fingerprint density at radius 2 is 1.77 bits per heavy atom. The van der Waals surface area contributed by atoms with Gasteiger partial charge < -0.3 is 5.32 Å². The zero-order valence-corrected chi connectivity index (χ0v) is 9.53. The van der Waals surface area contributed by atoms with Crippen LogP contribution in [0, 0.1) is 11.3 Å². The Labute approximate surface area is 83.3 Å². The summed E-state index contributed by atoms with van der Waals surface area (Å²) in [6.45, 7) is 9.38. The highest BCUT2D eigenvalue weighted by Gasteiger charge is 2.40. The van der Waals surface area contributed by atoms with Gasteiger partial charge in [0.2, 0.25) is 0 Å². The highest BCUT2D eigenvalue weighted by molar-refractivity contribution is 4.92. The lowest BCUT2D eigenvalue weighted by Gasteiger charge is -2.47. The van der Waals surface area contributed by atoms with Gasteiger partial charge in [0.25, 0.3) is 0 Å². The fraction of sp³-hybridized carbons (Fsp3) is 1.00. The summed E-state index contributed by atoms with van der Waals surface area (Å²) in [5, 5.41) is 3.52. The summed E-state index contributed by atoms with van der Waals surface area (Å²) in [7, 11) is 0. The quantitative estimate of drug-likeness (QED) is 0.624. The molecule has 0 aromatic heterocycles. The van der Waals surface area contributed by atoms with Crippen LogP contribution in [0.2, 0.25) is 0 Å². The van der Waals surface area contributed by atoms with Gasteiger partial charge in [0.15, 0.2) is 0 Å². The Bertz CT molecular complexity index is 130. The molecule has 1 rings (SSSR count). The van der Waals surface area contributed by atoms with Crippen molar-refractivity contribution in [3.63, 3.8) is 0 Å². The standard InChI is InChI=1S/C12H25N/c1-4-7-13-10-11-8-12(5-2,6-3)9-11/h11,13H,4-10H2,1-3H3. The van der Waals surface area contributed by atoms with E-state index in [2.05, 4.69) is 26.1 Å². The topological polar surface area (TPSA) is 12.0 Å². The summed E-state index contributed by atoms with van der Waals surface area (Å²) < 4.78 is 0. The smallest absolute Gasteiger partial charge is 0.00201 e. The molecule has 0 aromatic carbocycles. The van der Waals surface area contributed by atoms with E-state index in [-0.39, 0.29) is 0 Å². The van der Waals surface area contributed by atoms with Crippen LogP contribution in [0.25, 0.3) is 0 Å². The normalized spacial score (nSPS) is 21.5. The summed E-state index contributed by atoms with van der Waals surface area (Å²) in [6, 6.07) is 0. The van der Waals surface area contributed by atoms with Gasteiger partial charge in [-0.2, -0.15) is 0 Å². The van der Waals surface area contributed by atoms with Crippen LogP contribution in [0.4, 0.5) is 0 Å². The first kappa shape index (κ1) is 11.0. The molecule has 0 spiro atoms. The van der Waals surface area contributed by atoms with E-state index in [1.807, 2.05) is 0 Å². The minimum atomic E-state index is 0.735. The second kappa shape index (κ2) is 4.99. The molecule has 1 heteroatoms. The number of hydrogen-bond acceptors (Lipinski definition) is 1. The molecule has 0 bridgehead atoms. The van der Waals surface area contributed by atoms with Crippen molar-refractivity contribution in [2.24, 2.45) is 11.3 Å². The minimum absolute atomic E-state index is 0.735. The average Bonchev–Trinajstić information content (AvgIpc) is 2.10. The van der Waals surface area contributed by atoms with Crippen molar-refractivity contribution in [3.8, 4) is 0 Å². The maximum absolute atomic E-state index is 3.52. The van der Waals surface area contributed by atoms with Crippen molar-refractivity contribution in [3.05, 3.63) is 0 Å². The predicted octanol–water partition coefficient (Wildman–Crippen LogP) is 3.20. The maximum Gasteiger partial charge on any atom is -0.00201 e. The second-order valence-corrected chi connectivity index (χ2v) is 4.69. The molecule has 0 heterocycles. The van der Waals surface area contributed by atoms with E-state index < -0.39 is 0 Å². The largest absolute Gasteiger partial charge is 0.316 e. The molecule has 0 amide bonds. The summed E-state index contributed by atoms with van der Waals surface area (Å²) in [4.78, 5) is 0. The molecule has 1 aliphatic carbocycles. The molecular weight excluding hydrogens is 158 g/mol. The van der Waals surface area contributed by atoms with Crippen LogP contribution < -0.4 is 5.32 Å². The zero-order chi connectivity index (χ0) is 9.73. The molecule has 0 radical (unpaired) electrons. The predicted molar refractivity (Wildman–Crippen MR) is 58.9 cm³/mol. The van der Waals surface area contributed by atoms with Gasteiger partial charge in [-0.25, -0.2) is 0 Å². The van der Waals surface area contributed by atoms with Gasteiger partial charge in [-0.05, 0) is 43.7 Å². The van der Waals surface area contributed by atoms with Gasteiger partial charge in [0, 0.05) is 0 Å². The minimum Gasteiger partial charge on any atom is -0.316 e. The highest BCUT2D eigenvalue weighted by atomic mass is 14.9. The molecule has 0 aromatic rings. The molecule has 78 valence electrons. The van der Waals surface area contributed by atoms with E-state index in [0.717, 1.165) is 11.3 Å². The Morgan fingerprint density at radius 3 is 2.23 bits per heavy atom. The Hall–Kier alpha value is -0.0400. The van der Waals surface area contributed by atoms with Gasteiger partial charge in [0.05, 0.1) is 0 Å². The summed E-state index contributed by atoms with van der Waals surface area (Å²) in [5.74, 6) is 0.978. The van der Waals surface area contributed by atoms with E-state index in [1.54, 1.807) is 0 Å². The lowest BCUT2D eigenvalue weighted by molar-refractivity contribution is 0.0458. The van der Waals surface area contributed by atoms with Gasteiger partial charge in [-0.3, -0.25) is 0 Å². The average molecular weight is 183 g/mol. The van der Waals surface area contributed by atoms with Crippen LogP contribution in [0.15, 0.2) is 0 Å². The molecule has 13 heavy (non-hydrogen) atoms. The molecule has 1 nitrogen and oxygen atoms in total. The van der Waals surface area contributed by atoms with Crippen molar-refractivity contribution in [2.75, 3.05) is 13.1 Å². The van der Waals surface area contributed by atoms with Crippen LogP contribution in [0.3, 0.4) is 0 Å². The molecular formula is C12H25N. The second-order valence-electron chi connectivity index (χ2n) is 4.69. The lowest BCUT2D eigenvalue weighted by atomic mass is 9.59. The maximum atomic E-state index is 3.52. The fourth-order valence-electron chi connectivity index (χ4n) is 2.62. The number of rotatable bonds is 6.